The Morgan fingerprint density at radius 1 is 0.880 bits per heavy atom. The number of pyridine rings is 3. The third kappa shape index (κ3) is 1.69. The molecule has 0 bridgehead atoms. The van der Waals surface area contributed by atoms with Gasteiger partial charge < -0.3 is 0 Å². The summed E-state index contributed by atoms with van der Waals surface area (Å²) in [4.78, 5) is 36.7. The van der Waals surface area contributed by atoms with Gasteiger partial charge in [-0.2, -0.15) is 0 Å². The summed E-state index contributed by atoms with van der Waals surface area (Å²) in [7, 11) is 0. The van der Waals surface area contributed by atoms with E-state index in [4.69, 9.17) is 0 Å². The topological polar surface area (TPSA) is 98.9 Å². The smallest absolute Gasteiger partial charge is 0.282 e. The molecule has 0 amide bonds. The van der Waals surface area contributed by atoms with E-state index in [1.165, 1.54) is 12.3 Å². The molecule has 1 aliphatic carbocycles. The van der Waals surface area contributed by atoms with Crippen LogP contribution in [0.25, 0.3) is 32.9 Å². The highest BCUT2D eigenvalue weighted by Gasteiger charge is 2.34. The molecule has 0 aliphatic heterocycles. The Hall–Kier alpha value is -3.74. The molecular formula is C18H8N4O3. The number of hydrogen-bond donors (Lipinski definition) is 0. The first kappa shape index (κ1) is 13.7. The Morgan fingerprint density at radius 3 is 2.48 bits per heavy atom. The Labute approximate surface area is 140 Å². The Morgan fingerprint density at radius 2 is 1.64 bits per heavy atom. The molecule has 0 saturated heterocycles. The van der Waals surface area contributed by atoms with Crippen LogP contribution in [0.2, 0.25) is 0 Å². The largest absolute Gasteiger partial charge is 0.285 e. The number of rotatable bonds is 1. The molecule has 0 unspecified atom stereocenters. The van der Waals surface area contributed by atoms with Gasteiger partial charge in [-0.05, 0) is 17.5 Å². The number of para-hydroxylation sites is 1. The van der Waals surface area contributed by atoms with E-state index in [1.807, 2.05) is 24.3 Å². The molecule has 5 rings (SSSR count). The van der Waals surface area contributed by atoms with Crippen molar-refractivity contribution in [3.05, 3.63) is 70.3 Å². The van der Waals surface area contributed by atoms with E-state index >= 15 is 0 Å². The lowest BCUT2D eigenvalue weighted by atomic mass is 9.89. The number of hydrogen-bond acceptors (Lipinski definition) is 6. The number of ketones is 1. The van der Waals surface area contributed by atoms with Crippen LogP contribution < -0.4 is 0 Å². The summed E-state index contributed by atoms with van der Waals surface area (Å²) >= 11 is 0. The summed E-state index contributed by atoms with van der Waals surface area (Å²) in [6, 6.07) is 10.6. The van der Waals surface area contributed by atoms with E-state index in [1.54, 1.807) is 12.3 Å². The van der Waals surface area contributed by atoms with Crippen molar-refractivity contribution < 1.29 is 9.72 Å². The zero-order valence-electron chi connectivity index (χ0n) is 12.6. The first-order valence-electron chi connectivity index (χ1n) is 7.53. The molecule has 3 heterocycles. The van der Waals surface area contributed by atoms with Crippen molar-refractivity contribution in [2.24, 2.45) is 0 Å². The number of benzene rings is 1. The van der Waals surface area contributed by atoms with Gasteiger partial charge >= 0.3 is 0 Å². The van der Waals surface area contributed by atoms with Crippen LogP contribution in [0.1, 0.15) is 16.2 Å². The summed E-state index contributed by atoms with van der Waals surface area (Å²) in [6.45, 7) is 0. The minimum absolute atomic E-state index is 0.0180. The molecule has 118 valence electrons. The van der Waals surface area contributed by atoms with E-state index in [-0.39, 0.29) is 22.6 Å². The molecule has 3 aromatic heterocycles. The minimum atomic E-state index is -0.516. The van der Waals surface area contributed by atoms with Gasteiger partial charge in [-0.25, -0.2) is 4.98 Å². The Balaban J connectivity index is 2.08. The van der Waals surface area contributed by atoms with Crippen LogP contribution in [0.4, 0.5) is 5.69 Å². The number of carbonyl (C=O) groups excluding carboxylic acids is 1. The van der Waals surface area contributed by atoms with Gasteiger partial charge in [0.15, 0.2) is 0 Å². The molecule has 0 N–H and O–H groups in total. The highest BCUT2D eigenvalue weighted by atomic mass is 16.6. The Bertz CT molecular complexity index is 1250. The predicted octanol–water partition coefficient (Wildman–Crippen LogP) is 3.30. The second kappa shape index (κ2) is 4.64. The SMILES string of the molecule is O=C1c2nccc([N+](=O)[O-])c2-c2nc3ccccc3c3ccnc1c23. The lowest BCUT2D eigenvalue weighted by Crippen LogP contribution is -2.16. The van der Waals surface area contributed by atoms with Crippen LogP contribution >= 0.6 is 0 Å². The third-order valence-corrected chi connectivity index (χ3v) is 4.41. The molecule has 25 heavy (non-hydrogen) atoms. The summed E-state index contributed by atoms with van der Waals surface area (Å²) in [5.74, 6) is -0.422. The van der Waals surface area contributed by atoms with E-state index < -0.39 is 10.7 Å². The number of carbonyl (C=O) groups is 1. The first-order chi connectivity index (χ1) is 12.2. The van der Waals surface area contributed by atoms with Gasteiger partial charge in [-0.1, -0.05) is 18.2 Å². The highest BCUT2D eigenvalue weighted by molar-refractivity contribution is 6.27. The lowest BCUT2D eigenvalue weighted by Gasteiger charge is -2.18. The number of aromatic nitrogens is 3. The minimum Gasteiger partial charge on any atom is -0.285 e. The summed E-state index contributed by atoms with van der Waals surface area (Å²) in [5, 5.41) is 13.7. The molecule has 0 fully saturated rings. The van der Waals surface area contributed by atoms with Crippen LogP contribution in [-0.4, -0.2) is 25.7 Å². The van der Waals surface area contributed by atoms with E-state index in [0.717, 1.165) is 10.8 Å². The van der Waals surface area contributed by atoms with Crippen molar-refractivity contribution in [1.82, 2.24) is 15.0 Å². The molecule has 0 saturated carbocycles. The van der Waals surface area contributed by atoms with Crippen molar-refractivity contribution in [3.8, 4) is 11.3 Å². The molecule has 1 aliphatic rings. The average Bonchev–Trinajstić information content (AvgIpc) is 2.65. The van der Waals surface area contributed by atoms with Crippen molar-refractivity contribution >= 4 is 33.1 Å². The monoisotopic (exact) mass is 328 g/mol. The fourth-order valence-corrected chi connectivity index (χ4v) is 3.38. The van der Waals surface area contributed by atoms with Crippen LogP contribution in [-0.2, 0) is 0 Å². The molecule has 7 heteroatoms. The van der Waals surface area contributed by atoms with Gasteiger partial charge in [-0.15, -0.1) is 0 Å². The second-order valence-corrected chi connectivity index (χ2v) is 5.70. The zero-order chi connectivity index (χ0) is 17.1. The van der Waals surface area contributed by atoms with E-state index in [9.17, 15) is 14.9 Å². The molecular weight excluding hydrogens is 320 g/mol. The maximum absolute atomic E-state index is 12.8. The maximum atomic E-state index is 12.8. The van der Waals surface area contributed by atoms with Gasteiger partial charge in [-0.3, -0.25) is 24.9 Å². The molecule has 7 nitrogen and oxygen atoms in total. The first-order valence-corrected chi connectivity index (χ1v) is 7.53. The maximum Gasteiger partial charge on any atom is 0.282 e. The standard InChI is InChI=1S/C18H8N4O3/c23-18-16-13-10(5-7-19-16)9-3-1-2-4-11(9)21-15(13)14-12(22(24)25)6-8-20-17(14)18/h1-8H. The summed E-state index contributed by atoms with van der Waals surface area (Å²) in [6.07, 6.45) is 2.83. The molecule has 0 radical (unpaired) electrons. The average molecular weight is 328 g/mol. The van der Waals surface area contributed by atoms with Crippen LogP contribution in [0.3, 0.4) is 0 Å². The van der Waals surface area contributed by atoms with Crippen LogP contribution in [0.5, 0.6) is 0 Å². The van der Waals surface area contributed by atoms with E-state index in [2.05, 4.69) is 15.0 Å². The molecule has 0 spiro atoms. The number of nitrogens with zero attached hydrogens (tertiary/aromatic N) is 4. The molecule has 1 aromatic carbocycles. The zero-order valence-corrected chi connectivity index (χ0v) is 12.6. The quantitative estimate of drug-likeness (QED) is 0.266. The summed E-state index contributed by atoms with van der Waals surface area (Å²) < 4.78 is 0. The van der Waals surface area contributed by atoms with Crippen molar-refractivity contribution in [2.45, 2.75) is 0 Å². The number of nitro groups is 1. The fourth-order valence-electron chi connectivity index (χ4n) is 3.38. The van der Waals surface area contributed by atoms with Crippen LogP contribution in [0, 0.1) is 10.1 Å². The molecule has 0 atom stereocenters. The van der Waals surface area contributed by atoms with Gasteiger partial charge in [0.2, 0.25) is 5.78 Å². The predicted molar refractivity (Wildman–Crippen MR) is 90.4 cm³/mol. The van der Waals surface area contributed by atoms with E-state index in [0.29, 0.717) is 16.6 Å². The van der Waals surface area contributed by atoms with Gasteiger partial charge in [0.25, 0.3) is 5.69 Å². The fraction of sp³-hybridized carbons (Fsp3) is 0. The molecule has 4 aromatic rings. The Kier molecular flexibility index (Phi) is 2.54. The van der Waals surface area contributed by atoms with Crippen molar-refractivity contribution in [3.63, 3.8) is 0 Å². The van der Waals surface area contributed by atoms with Gasteiger partial charge in [0, 0.05) is 29.2 Å². The van der Waals surface area contributed by atoms with Crippen molar-refractivity contribution in [2.75, 3.05) is 0 Å². The number of fused-ring (bicyclic) bond motifs is 4. The third-order valence-electron chi connectivity index (χ3n) is 4.41. The normalized spacial score (nSPS) is 12.4. The highest BCUT2D eigenvalue weighted by Crippen LogP contribution is 2.42. The van der Waals surface area contributed by atoms with Gasteiger partial charge in [0.05, 0.1) is 16.1 Å². The second-order valence-electron chi connectivity index (χ2n) is 5.70. The summed E-state index contributed by atoms with van der Waals surface area (Å²) in [5.41, 5.74) is 1.30. The van der Waals surface area contributed by atoms with Gasteiger partial charge in [0.1, 0.15) is 17.0 Å². The van der Waals surface area contributed by atoms with Crippen LogP contribution in [0.15, 0.2) is 48.8 Å². The van der Waals surface area contributed by atoms with Crippen molar-refractivity contribution in [1.29, 1.82) is 0 Å². The lowest BCUT2D eigenvalue weighted by molar-refractivity contribution is -0.384.